The van der Waals surface area contributed by atoms with Crippen LogP contribution in [0.1, 0.15) is 96.8 Å². The zero-order chi connectivity index (χ0) is 15.6. The summed E-state index contributed by atoms with van der Waals surface area (Å²) in [6.07, 6.45) is 22.0. The highest BCUT2D eigenvalue weighted by Gasteiger charge is 1.98. The Morgan fingerprint density at radius 1 is 0.762 bits per heavy atom. The lowest BCUT2D eigenvalue weighted by Crippen LogP contribution is -1.99. The van der Waals surface area contributed by atoms with Crippen LogP contribution in [0.3, 0.4) is 0 Å². The second-order valence-corrected chi connectivity index (χ2v) is 5.91. The van der Waals surface area contributed by atoms with Crippen LogP contribution in [0.15, 0.2) is 12.2 Å². The van der Waals surface area contributed by atoms with Gasteiger partial charge >= 0.3 is 5.97 Å². The lowest BCUT2D eigenvalue weighted by molar-refractivity contribution is -0.140. The number of carbonyl (C=O) groups excluding carboxylic acids is 1. The SMILES string of the molecule is CCCCCCCC=CCCCCCCCCC(=O)OC. The first kappa shape index (κ1) is 20.2. The third kappa shape index (κ3) is 17.2. The van der Waals surface area contributed by atoms with E-state index >= 15 is 0 Å². The number of esters is 1. The minimum absolute atomic E-state index is 0.0742. The van der Waals surface area contributed by atoms with Crippen LogP contribution < -0.4 is 0 Å². The maximum atomic E-state index is 10.9. The van der Waals surface area contributed by atoms with Gasteiger partial charge in [-0.05, 0) is 32.1 Å². The average Bonchev–Trinajstić information content (AvgIpc) is 2.50. The van der Waals surface area contributed by atoms with E-state index in [0.717, 1.165) is 12.8 Å². The summed E-state index contributed by atoms with van der Waals surface area (Å²) >= 11 is 0. The van der Waals surface area contributed by atoms with Crippen LogP contribution in [-0.4, -0.2) is 13.1 Å². The Labute approximate surface area is 132 Å². The Kier molecular flexibility index (Phi) is 16.6. The van der Waals surface area contributed by atoms with Crippen molar-refractivity contribution >= 4 is 5.97 Å². The van der Waals surface area contributed by atoms with Crippen LogP contribution in [0.4, 0.5) is 0 Å². The van der Waals surface area contributed by atoms with Crippen molar-refractivity contribution in [3.8, 4) is 0 Å². The smallest absolute Gasteiger partial charge is 0.305 e. The van der Waals surface area contributed by atoms with Gasteiger partial charge in [0.15, 0.2) is 0 Å². The van der Waals surface area contributed by atoms with E-state index in [0.29, 0.717) is 6.42 Å². The zero-order valence-electron chi connectivity index (χ0n) is 14.4. The lowest BCUT2D eigenvalue weighted by Gasteiger charge is -2.00. The summed E-state index contributed by atoms with van der Waals surface area (Å²) in [5, 5.41) is 0. The molecular weight excluding hydrogens is 260 g/mol. The van der Waals surface area contributed by atoms with Gasteiger partial charge in [0.1, 0.15) is 0 Å². The van der Waals surface area contributed by atoms with Gasteiger partial charge in [-0.15, -0.1) is 0 Å². The highest BCUT2D eigenvalue weighted by molar-refractivity contribution is 5.68. The van der Waals surface area contributed by atoms with Crippen molar-refractivity contribution in [2.75, 3.05) is 7.11 Å². The second-order valence-electron chi connectivity index (χ2n) is 5.91. The first-order valence-electron chi connectivity index (χ1n) is 9.03. The third-order valence-corrected chi connectivity index (χ3v) is 3.87. The molecule has 0 aliphatic rings. The van der Waals surface area contributed by atoms with E-state index in [1.807, 2.05) is 0 Å². The second kappa shape index (κ2) is 17.3. The van der Waals surface area contributed by atoms with E-state index in [9.17, 15) is 4.79 Å². The van der Waals surface area contributed by atoms with Crippen LogP contribution >= 0.6 is 0 Å². The van der Waals surface area contributed by atoms with E-state index in [1.165, 1.54) is 77.7 Å². The van der Waals surface area contributed by atoms with Crippen molar-refractivity contribution < 1.29 is 9.53 Å². The fraction of sp³-hybridized carbons (Fsp3) is 0.842. The molecule has 0 radical (unpaired) electrons. The molecule has 0 atom stereocenters. The van der Waals surface area contributed by atoms with Gasteiger partial charge in [-0.1, -0.05) is 70.4 Å². The lowest BCUT2D eigenvalue weighted by atomic mass is 10.1. The Morgan fingerprint density at radius 2 is 1.24 bits per heavy atom. The topological polar surface area (TPSA) is 26.3 Å². The standard InChI is InChI=1S/C19H36O2/c1-3-4-5-6-7-8-9-10-11-12-13-14-15-16-17-18-19(20)21-2/h9-10H,3-8,11-18H2,1-2H3. The highest BCUT2D eigenvalue weighted by atomic mass is 16.5. The van der Waals surface area contributed by atoms with Crippen molar-refractivity contribution in [1.82, 2.24) is 0 Å². The number of hydrogen-bond acceptors (Lipinski definition) is 2. The average molecular weight is 296 g/mol. The van der Waals surface area contributed by atoms with Crippen molar-refractivity contribution in [2.45, 2.75) is 96.8 Å². The molecule has 0 aliphatic heterocycles. The first-order chi connectivity index (χ1) is 10.3. The Morgan fingerprint density at radius 3 is 1.76 bits per heavy atom. The number of carbonyl (C=O) groups is 1. The van der Waals surface area contributed by atoms with Crippen LogP contribution in [0.2, 0.25) is 0 Å². The quantitative estimate of drug-likeness (QED) is 0.204. The molecule has 0 amide bonds. The maximum Gasteiger partial charge on any atom is 0.305 e. The fourth-order valence-electron chi connectivity index (χ4n) is 2.44. The molecule has 0 aromatic heterocycles. The molecule has 2 heteroatoms. The number of methoxy groups -OCH3 is 1. The summed E-state index contributed by atoms with van der Waals surface area (Å²) in [4.78, 5) is 10.9. The molecule has 0 aromatic carbocycles. The molecular formula is C19H36O2. The van der Waals surface area contributed by atoms with E-state index < -0.39 is 0 Å². The molecule has 0 spiro atoms. The Bertz CT molecular complexity index is 246. The van der Waals surface area contributed by atoms with E-state index in [-0.39, 0.29) is 5.97 Å². The molecule has 0 bridgehead atoms. The molecule has 0 saturated carbocycles. The largest absolute Gasteiger partial charge is 0.469 e. The maximum absolute atomic E-state index is 10.9. The summed E-state index contributed by atoms with van der Waals surface area (Å²) < 4.78 is 4.62. The van der Waals surface area contributed by atoms with Gasteiger partial charge in [0.25, 0.3) is 0 Å². The van der Waals surface area contributed by atoms with Gasteiger partial charge in [0.05, 0.1) is 7.11 Å². The molecule has 0 rings (SSSR count). The van der Waals surface area contributed by atoms with Gasteiger partial charge < -0.3 is 4.74 Å². The van der Waals surface area contributed by atoms with Crippen molar-refractivity contribution in [3.63, 3.8) is 0 Å². The summed E-state index contributed by atoms with van der Waals surface area (Å²) in [7, 11) is 1.46. The van der Waals surface area contributed by atoms with Gasteiger partial charge in [-0.2, -0.15) is 0 Å². The predicted molar refractivity (Wildman–Crippen MR) is 91.5 cm³/mol. The molecule has 0 unspecified atom stereocenters. The number of ether oxygens (including phenoxy) is 1. The summed E-state index contributed by atoms with van der Waals surface area (Å²) in [6.45, 7) is 2.26. The molecule has 0 fully saturated rings. The number of allylic oxidation sites excluding steroid dienone is 2. The van der Waals surface area contributed by atoms with Gasteiger partial charge in [-0.25, -0.2) is 0 Å². The molecule has 0 saturated heterocycles. The summed E-state index contributed by atoms with van der Waals surface area (Å²) in [5.74, 6) is -0.0742. The van der Waals surface area contributed by atoms with Crippen LogP contribution in [0, 0.1) is 0 Å². The minimum Gasteiger partial charge on any atom is -0.469 e. The highest BCUT2D eigenvalue weighted by Crippen LogP contribution is 2.10. The molecule has 2 nitrogen and oxygen atoms in total. The van der Waals surface area contributed by atoms with Crippen LogP contribution in [0.25, 0.3) is 0 Å². The normalized spacial score (nSPS) is 11.1. The first-order valence-corrected chi connectivity index (χ1v) is 9.03. The molecule has 0 aromatic rings. The molecule has 0 N–H and O–H groups in total. The monoisotopic (exact) mass is 296 g/mol. The predicted octanol–water partition coefficient (Wildman–Crippen LogP) is 6.20. The molecule has 21 heavy (non-hydrogen) atoms. The van der Waals surface area contributed by atoms with Crippen molar-refractivity contribution in [2.24, 2.45) is 0 Å². The van der Waals surface area contributed by atoms with E-state index in [2.05, 4.69) is 23.8 Å². The number of unbranched alkanes of at least 4 members (excludes halogenated alkanes) is 11. The molecule has 0 heterocycles. The van der Waals surface area contributed by atoms with E-state index in [4.69, 9.17) is 0 Å². The van der Waals surface area contributed by atoms with Crippen LogP contribution in [0.5, 0.6) is 0 Å². The third-order valence-electron chi connectivity index (χ3n) is 3.87. The Hall–Kier alpha value is -0.790. The van der Waals surface area contributed by atoms with E-state index in [1.54, 1.807) is 0 Å². The zero-order valence-corrected chi connectivity index (χ0v) is 14.4. The van der Waals surface area contributed by atoms with Crippen molar-refractivity contribution in [1.29, 1.82) is 0 Å². The van der Waals surface area contributed by atoms with Gasteiger partial charge in [0, 0.05) is 6.42 Å². The fourth-order valence-corrected chi connectivity index (χ4v) is 2.44. The number of hydrogen-bond donors (Lipinski definition) is 0. The number of rotatable bonds is 15. The van der Waals surface area contributed by atoms with Gasteiger partial charge in [-0.3, -0.25) is 4.79 Å². The van der Waals surface area contributed by atoms with Crippen LogP contribution in [-0.2, 0) is 9.53 Å². The molecule has 124 valence electrons. The Balaban J connectivity index is 3.09. The van der Waals surface area contributed by atoms with Gasteiger partial charge in [0.2, 0.25) is 0 Å². The summed E-state index contributed by atoms with van der Waals surface area (Å²) in [5.41, 5.74) is 0. The summed E-state index contributed by atoms with van der Waals surface area (Å²) in [6, 6.07) is 0. The minimum atomic E-state index is -0.0742. The molecule has 0 aliphatic carbocycles. The van der Waals surface area contributed by atoms with Crippen molar-refractivity contribution in [3.05, 3.63) is 12.2 Å².